The first kappa shape index (κ1) is 22.2. The van der Waals surface area contributed by atoms with Crippen LogP contribution in [0.2, 0.25) is 0 Å². The summed E-state index contributed by atoms with van der Waals surface area (Å²) in [5, 5.41) is 5.10. The molecule has 3 aromatic rings. The number of hydrogen-bond acceptors (Lipinski definition) is 4. The van der Waals surface area contributed by atoms with Crippen LogP contribution < -0.4 is 0 Å². The topological polar surface area (TPSA) is 36.9 Å². The van der Waals surface area contributed by atoms with E-state index in [1.165, 1.54) is 33.5 Å². The van der Waals surface area contributed by atoms with Crippen LogP contribution in [0.25, 0.3) is 21.5 Å². The van der Waals surface area contributed by atoms with Gasteiger partial charge in [0.15, 0.2) is 6.29 Å². The Morgan fingerprint density at radius 3 is 2.63 bits per heavy atom. The predicted molar refractivity (Wildman–Crippen MR) is 137 cm³/mol. The summed E-state index contributed by atoms with van der Waals surface area (Å²) in [5.74, 6) is 1.77. The lowest BCUT2D eigenvalue weighted by Gasteiger charge is -2.61. The van der Waals surface area contributed by atoms with E-state index in [2.05, 4.69) is 75.4 Å². The van der Waals surface area contributed by atoms with Gasteiger partial charge in [-0.3, -0.25) is 0 Å². The summed E-state index contributed by atoms with van der Waals surface area (Å²) in [6.07, 6.45) is 5.29. The van der Waals surface area contributed by atoms with Crippen molar-refractivity contribution in [3.8, 4) is 0 Å². The SMILES string of the molecule is CC1C(OCc2cccc3c2ccc2ccccc23)OC2C[C@]3(C)CCC4[C@H](C)CCC1[C@@]24OO3. The second-order valence-corrected chi connectivity index (χ2v) is 11.9. The molecule has 8 atom stereocenters. The maximum atomic E-state index is 6.83. The van der Waals surface area contributed by atoms with Crippen molar-refractivity contribution in [2.45, 2.75) is 83.1 Å². The van der Waals surface area contributed by atoms with Gasteiger partial charge in [-0.1, -0.05) is 68.4 Å². The van der Waals surface area contributed by atoms with Gasteiger partial charge in [-0.05, 0) is 71.6 Å². The average molecular weight is 473 g/mol. The van der Waals surface area contributed by atoms with E-state index in [4.69, 9.17) is 19.2 Å². The predicted octanol–water partition coefficient (Wildman–Crippen LogP) is 7.18. The lowest BCUT2D eigenvalue weighted by atomic mass is 9.56. The van der Waals surface area contributed by atoms with E-state index >= 15 is 0 Å². The summed E-state index contributed by atoms with van der Waals surface area (Å²) in [6.45, 7) is 7.43. The lowest BCUT2D eigenvalue weighted by Crippen LogP contribution is -2.69. The molecule has 3 aromatic carbocycles. The first-order valence-electron chi connectivity index (χ1n) is 13.5. The van der Waals surface area contributed by atoms with Crippen molar-refractivity contribution in [1.29, 1.82) is 0 Å². The Hall–Kier alpha value is -1.98. The first-order valence-corrected chi connectivity index (χ1v) is 13.5. The van der Waals surface area contributed by atoms with Gasteiger partial charge < -0.3 is 9.47 Å². The van der Waals surface area contributed by atoms with Gasteiger partial charge in [0.25, 0.3) is 0 Å². The van der Waals surface area contributed by atoms with Crippen molar-refractivity contribution in [3.05, 3.63) is 60.2 Å². The fourth-order valence-corrected chi connectivity index (χ4v) is 8.01. The highest BCUT2D eigenvalue weighted by Gasteiger charge is 2.68. The van der Waals surface area contributed by atoms with Crippen LogP contribution in [0.5, 0.6) is 0 Å². The Bertz CT molecular complexity index is 1270. The third-order valence-electron chi connectivity index (χ3n) is 9.91. The molecule has 0 radical (unpaired) electrons. The summed E-state index contributed by atoms with van der Waals surface area (Å²) in [5.41, 5.74) is 0.624. The largest absolute Gasteiger partial charge is 0.348 e. The van der Waals surface area contributed by atoms with Crippen molar-refractivity contribution < 1.29 is 19.2 Å². The molecule has 4 nitrogen and oxygen atoms in total. The van der Waals surface area contributed by atoms with Crippen molar-refractivity contribution in [1.82, 2.24) is 0 Å². The molecule has 2 bridgehead atoms. The molecule has 3 heterocycles. The molecular formula is C31H36O4. The van der Waals surface area contributed by atoms with Gasteiger partial charge in [0.1, 0.15) is 11.2 Å². The maximum Gasteiger partial charge on any atom is 0.161 e. The maximum absolute atomic E-state index is 6.83. The Labute approximate surface area is 207 Å². The van der Waals surface area contributed by atoms with E-state index in [1.54, 1.807) is 0 Å². The number of ether oxygens (including phenoxy) is 2. The molecule has 4 heteroatoms. The Morgan fingerprint density at radius 2 is 1.71 bits per heavy atom. The van der Waals surface area contributed by atoms with Crippen LogP contribution >= 0.6 is 0 Å². The Kier molecular flexibility index (Phi) is 5.09. The second kappa shape index (κ2) is 8.01. The minimum absolute atomic E-state index is 0.0270. The summed E-state index contributed by atoms with van der Waals surface area (Å²) >= 11 is 0. The monoisotopic (exact) mass is 472 g/mol. The van der Waals surface area contributed by atoms with Gasteiger partial charge in [0.2, 0.25) is 0 Å². The van der Waals surface area contributed by atoms with Gasteiger partial charge in [0.05, 0.1) is 12.7 Å². The summed E-state index contributed by atoms with van der Waals surface area (Å²) in [7, 11) is 0. The smallest absolute Gasteiger partial charge is 0.161 e. The highest BCUT2D eigenvalue weighted by Crippen LogP contribution is 2.61. The standard InChI is InChI=1S/C31H36O4/c1-19-11-14-27-20(2)29(33-28-17-30(3)16-15-26(19)31(27,28)35-34-30)32-18-22-8-6-10-25-23-9-5-4-7-21(23)12-13-24(22)25/h4-10,12-13,19-20,26-29H,11,14-18H2,1-3H3/t19-,20?,26?,27?,28?,29?,30+,31-/m1/s1. The minimum Gasteiger partial charge on any atom is -0.348 e. The van der Waals surface area contributed by atoms with Crippen LogP contribution in [0.3, 0.4) is 0 Å². The molecule has 2 saturated carbocycles. The van der Waals surface area contributed by atoms with Crippen LogP contribution in [-0.4, -0.2) is 23.6 Å². The van der Waals surface area contributed by atoms with Crippen molar-refractivity contribution in [3.63, 3.8) is 0 Å². The number of rotatable bonds is 3. The van der Waals surface area contributed by atoms with Crippen LogP contribution in [-0.2, 0) is 25.9 Å². The molecule has 184 valence electrons. The van der Waals surface area contributed by atoms with Gasteiger partial charge in [-0.25, -0.2) is 9.78 Å². The second-order valence-electron chi connectivity index (χ2n) is 11.9. The number of fused-ring (bicyclic) bond motifs is 5. The van der Waals surface area contributed by atoms with Gasteiger partial charge in [0, 0.05) is 18.3 Å². The first-order chi connectivity index (χ1) is 17.0. The minimum atomic E-state index is -0.328. The molecule has 0 aromatic heterocycles. The van der Waals surface area contributed by atoms with Crippen molar-refractivity contribution in [2.75, 3.05) is 0 Å². The van der Waals surface area contributed by atoms with E-state index in [9.17, 15) is 0 Å². The molecule has 5 unspecified atom stereocenters. The molecule has 5 aliphatic rings. The fraction of sp³-hybridized carbons (Fsp3) is 0.548. The van der Waals surface area contributed by atoms with Crippen molar-refractivity contribution >= 4 is 21.5 Å². The van der Waals surface area contributed by atoms with Crippen LogP contribution in [0.15, 0.2) is 54.6 Å². The number of hydrogen-bond donors (Lipinski definition) is 0. The molecule has 0 amide bonds. The van der Waals surface area contributed by atoms with E-state index in [1.807, 2.05) is 0 Å². The molecule has 2 aliphatic carbocycles. The molecule has 0 N–H and O–H groups in total. The van der Waals surface area contributed by atoms with Crippen LogP contribution in [0, 0.1) is 23.7 Å². The van der Waals surface area contributed by atoms with E-state index in [0.717, 1.165) is 25.7 Å². The fourth-order valence-electron chi connectivity index (χ4n) is 8.01. The van der Waals surface area contributed by atoms with E-state index in [0.29, 0.717) is 24.4 Å². The van der Waals surface area contributed by atoms with Crippen LogP contribution in [0.1, 0.15) is 58.4 Å². The zero-order valence-electron chi connectivity index (χ0n) is 21.0. The number of benzene rings is 3. The normalized spacial score (nSPS) is 40.5. The zero-order valence-corrected chi connectivity index (χ0v) is 21.0. The molecule has 3 aliphatic heterocycles. The Morgan fingerprint density at radius 1 is 0.857 bits per heavy atom. The summed E-state index contributed by atoms with van der Waals surface area (Å²) < 4.78 is 13.5. The zero-order chi connectivity index (χ0) is 23.8. The Balaban J connectivity index is 1.19. The van der Waals surface area contributed by atoms with E-state index in [-0.39, 0.29) is 29.5 Å². The highest BCUT2D eigenvalue weighted by atomic mass is 17.2. The quantitative estimate of drug-likeness (QED) is 0.299. The summed E-state index contributed by atoms with van der Waals surface area (Å²) in [4.78, 5) is 12.5. The van der Waals surface area contributed by atoms with E-state index < -0.39 is 0 Å². The van der Waals surface area contributed by atoms with Crippen molar-refractivity contribution in [2.24, 2.45) is 23.7 Å². The van der Waals surface area contributed by atoms with Gasteiger partial charge >= 0.3 is 0 Å². The lowest BCUT2D eigenvalue weighted by molar-refractivity contribution is -0.496. The molecular weight excluding hydrogens is 436 g/mol. The highest BCUT2D eigenvalue weighted by molar-refractivity contribution is 6.08. The third kappa shape index (κ3) is 3.26. The van der Waals surface area contributed by atoms with Gasteiger partial charge in [-0.15, -0.1) is 0 Å². The average Bonchev–Trinajstić information content (AvgIpc) is 3.11. The third-order valence-corrected chi connectivity index (χ3v) is 9.91. The molecule has 35 heavy (non-hydrogen) atoms. The van der Waals surface area contributed by atoms with Crippen LogP contribution in [0.4, 0.5) is 0 Å². The molecule has 5 fully saturated rings. The molecule has 1 spiro atoms. The van der Waals surface area contributed by atoms with Gasteiger partial charge in [-0.2, -0.15) is 0 Å². The summed E-state index contributed by atoms with van der Waals surface area (Å²) in [6, 6.07) is 19.6. The molecule has 3 saturated heterocycles. The molecule has 8 rings (SSSR count).